The molecule has 0 fully saturated rings. The summed E-state index contributed by atoms with van der Waals surface area (Å²) < 4.78 is 17.2. The number of nitrogens with zero attached hydrogens (tertiary/aromatic N) is 6. The Morgan fingerprint density at radius 3 is 2.78 bits per heavy atom. The smallest absolute Gasteiger partial charge is 0.226 e. The van der Waals surface area contributed by atoms with Crippen molar-refractivity contribution in [1.29, 1.82) is 0 Å². The largest absolute Gasteiger partial charge is 0.270 e. The van der Waals surface area contributed by atoms with Crippen molar-refractivity contribution in [3.8, 4) is 11.4 Å². The van der Waals surface area contributed by atoms with Crippen LogP contribution in [0.15, 0.2) is 30.6 Å². The summed E-state index contributed by atoms with van der Waals surface area (Å²) in [5.74, 6) is 0.0291. The minimum Gasteiger partial charge on any atom is -0.270 e. The second-order valence-electron chi connectivity index (χ2n) is 5.49. The lowest BCUT2D eigenvalue weighted by atomic mass is 10.2. The molecule has 0 N–H and O–H groups in total. The van der Waals surface area contributed by atoms with Crippen LogP contribution in [0.3, 0.4) is 0 Å². The third kappa shape index (κ3) is 2.16. The monoisotopic (exact) mass is 330 g/mol. The van der Waals surface area contributed by atoms with E-state index in [0.29, 0.717) is 16.9 Å². The first-order valence-electron chi connectivity index (χ1n) is 7.09. The molecular weight excluding hydrogens is 319 g/mol. The van der Waals surface area contributed by atoms with Gasteiger partial charge < -0.3 is 0 Å². The highest BCUT2D eigenvalue weighted by Gasteiger charge is 2.16. The second kappa shape index (κ2) is 4.99. The summed E-state index contributed by atoms with van der Waals surface area (Å²) in [6.07, 6.45) is 3.56. The fourth-order valence-corrected chi connectivity index (χ4v) is 2.62. The summed E-state index contributed by atoms with van der Waals surface area (Å²) in [7, 11) is 0. The summed E-state index contributed by atoms with van der Waals surface area (Å²) >= 11 is 6.13. The number of fused-ring (bicyclic) bond motifs is 3. The lowest BCUT2D eigenvalue weighted by Crippen LogP contribution is -1.99. The number of para-hydroxylation sites is 1. The van der Waals surface area contributed by atoms with Gasteiger partial charge in [-0.2, -0.15) is 9.61 Å². The van der Waals surface area contributed by atoms with E-state index in [-0.39, 0.29) is 16.8 Å². The van der Waals surface area contributed by atoms with Crippen LogP contribution < -0.4 is 0 Å². The van der Waals surface area contributed by atoms with Crippen molar-refractivity contribution >= 4 is 28.2 Å². The maximum absolute atomic E-state index is 13.9. The van der Waals surface area contributed by atoms with E-state index in [9.17, 15) is 4.39 Å². The second-order valence-corrected chi connectivity index (χ2v) is 5.83. The van der Waals surface area contributed by atoms with Crippen LogP contribution in [-0.4, -0.2) is 29.4 Å². The van der Waals surface area contributed by atoms with Crippen LogP contribution in [0, 0.1) is 5.82 Å². The van der Waals surface area contributed by atoms with Crippen molar-refractivity contribution in [3.63, 3.8) is 0 Å². The molecule has 6 nitrogen and oxygen atoms in total. The maximum Gasteiger partial charge on any atom is 0.226 e. The van der Waals surface area contributed by atoms with Gasteiger partial charge in [-0.3, -0.25) is 4.68 Å². The van der Waals surface area contributed by atoms with Crippen LogP contribution in [0.2, 0.25) is 5.28 Å². The van der Waals surface area contributed by atoms with Gasteiger partial charge in [-0.1, -0.05) is 6.07 Å². The van der Waals surface area contributed by atoms with Gasteiger partial charge >= 0.3 is 0 Å². The Balaban J connectivity index is 1.98. The van der Waals surface area contributed by atoms with Crippen molar-refractivity contribution in [2.24, 2.45) is 0 Å². The molecular formula is C15H12ClFN6. The highest BCUT2D eigenvalue weighted by Crippen LogP contribution is 2.25. The van der Waals surface area contributed by atoms with Crippen molar-refractivity contribution in [2.45, 2.75) is 19.9 Å². The van der Waals surface area contributed by atoms with Crippen molar-refractivity contribution in [3.05, 3.63) is 41.7 Å². The summed E-state index contributed by atoms with van der Waals surface area (Å²) in [5, 5.41) is 9.27. The normalized spacial score (nSPS) is 11.9. The molecule has 0 unspecified atom stereocenters. The molecule has 8 heteroatoms. The van der Waals surface area contributed by atoms with Crippen LogP contribution in [0.5, 0.6) is 0 Å². The van der Waals surface area contributed by atoms with Crippen LogP contribution >= 0.6 is 11.6 Å². The van der Waals surface area contributed by atoms with E-state index in [4.69, 9.17) is 11.6 Å². The molecule has 0 amide bonds. The minimum atomic E-state index is -0.441. The molecule has 0 aliphatic heterocycles. The van der Waals surface area contributed by atoms with Gasteiger partial charge in [-0.25, -0.2) is 14.4 Å². The number of aromatic nitrogens is 6. The first kappa shape index (κ1) is 14.1. The molecule has 23 heavy (non-hydrogen) atoms. The summed E-state index contributed by atoms with van der Waals surface area (Å²) in [6, 6.07) is 4.93. The number of rotatable bonds is 2. The average Bonchev–Trinajstić information content (AvgIpc) is 3.15. The van der Waals surface area contributed by atoms with E-state index in [1.165, 1.54) is 10.6 Å². The Morgan fingerprint density at radius 2 is 2.04 bits per heavy atom. The summed E-state index contributed by atoms with van der Waals surface area (Å²) in [6.45, 7) is 4.07. The molecule has 0 bridgehead atoms. The SMILES string of the molecule is CC(C)n1cc(-c2nc3c4cccc(F)c4nc(Cl)n3n2)cn1. The molecule has 0 saturated heterocycles. The lowest BCUT2D eigenvalue weighted by molar-refractivity contribution is 0.532. The molecule has 4 aromatic rings. The molecule has 0 aliphatic rings. The van der Waals surface area contributed by atoms with Gasteiger partial charge in [0.05, 0.1) is 11.8 Å². The Bertz CT molecular complexity index is 1040. The average molecular weight is 331 g/mol. The van der Waals surface area contributed by atoms with E-state index in [0.717, 1.165) is 5.56 Å². The maximum atomic E-state index is 13.9. The molecule has 1 aromatic carbocycles. The molecule has 0 saturated carbocycles. The lowest BCUT2D eigenvalue weighted by Gasteiger charge is -2.02. The number of benzene rings is 1. The highest BCUT2D eigenvalue weighted by molar-refractivity contribution is 6.29. The standard InChI is InChI=1S/C15H12ClFN6/c1-8(2)22-7-9(6-18-22)13-20-14-10-4-3-5-11(17)12(10)19-15(16)23(14)21-13/h3-8H,1-2H3. The summed E-state index contributed by atoms with van der Waals surface area (Å²) in [4.78, 5) is 8.57. The predicted molar refractivity (Wildman–Crippen MR) is 84.9 cm³/mol. The fourth-order valence-electron chi connectivity index (χ4n) is 2.42. The van der Waals surface area contributed by atoms with E-state index in [2.05, 4.69) is 20.2 Å². The van der Waals surface area contributed by atoms with Crippen LogP contribution in [0.1, 0.15) is 19.9 Å². The van der Waals surface area contributed by atoms with Crippen LogP contribution in [-0.2, 0) is 0 Å². The molecule has 0 radical (unpaired) electrons. The number of hydrogen-bond donors (Lipinski definition) is 0. The predicted octanol–water partition coefficient (Wildman–Crippen LogP) is 3.51. The van der Waals surface area contributed by atoms with Crippen molar-refractivity contribution in [1.82, 2.24) is 29.4 Å². The highest BCUT2D eigenvalue weighted by atomic mass is 35.5. The van der Waals surface area contributed by atoms with E-state index in [1.807, 2.05) is 24.7 Å². The van der Waals surface area contributed by atoms with E-state index in [1.54, 1.807) is 18.3 Å². The first-order valence-corrected chi connectivity index (χ1v) is 7.47. The number of halogens is 2. The van der Waals surface area contributed by atoms with Crippen LogP contribution in [0.25, 0.3) is 27.9 Å². The molecule has 3 heterocycles. The van der Waals surface area contributed by atoms with Gasteiger partial charge in [0.25, 0.3) is 0 Å². The Morgan fingerprint density at radius 1 is 1.22 bits per heavy atom. The molecule has 116 valence electrons. The van der Waals surface area contributed by atoms with Gasteiger partial charge in [0.1, 0.15) is 11.3 Å². The van der Waals surface area contributed by atoms with E-state index >= 15 is 0 Å². The van der Waals surface area contributed by atoms with Crippen molar-refractivity contribution < 1.29 is 4.39 Å². The molecule has 0 aliphatic carbocycles. The summed E-state index contributed by atoms with van der Waals surface area (Å²) in [5.41, 5.74) is 1.41. The zero-order chi connectivity index (χ0) is 16.1. The Kier molecular flexibility index (Phi) is 3.05. The fraction of sp³-hybridized carbons (Fsp3) is 0.200. The topological polar surface area (TPSA) is 60.9 Å². The third-order valence-corrected chi connectivity index (χ3v) is 3.85. The molecule has 0 atom stereocenters. The number of hydrogen-bond acceptors (Lipinski definition) is 4. The zero-order valence-corrected chi connectivity index (χ0v) is 13.2. The third-order valence-electron chi connectivity index (χ3n) is 3.60. The first-order chi connectivity index (χ1) is 11.0. The molecule has 0 spiro atoms. The Labute approximate surface area is 135 Å². The van der Waals surface area contributed by atoms with Crippen LogP contribution in [0.4, 0.5) is 4.39 Å². The Hall–Kier alpha value is -2.54. The minimum absolute atomic E-state index is 0.0626. The van der Waals surface area contributed by atoms with Crippen molar-refractivity contribution in [2.75, 3.05) is 0 Å². The van der Waals surface area contributed by atoms with Gasteiger partial charge in [0.15, 0.2) is 11.5 Å². The molecule has 4 rings (SSSR count). The van der Waals surface area contributed by atoms with E-state index < -0.39 is 5.82 Å². The van der Waals surface area contributed by atoms with Gasteiger partial charge in [-0.05, 0) is 37.6 Å². The zero-order valence-electron chi connectivity index (χ0n) is 12.4. The molecule has 3 aromatic heterocycles. The van der Waals surface area contributed by atoms with Gasteiger partial charge in [0.2, 0.25) is 5.28 Å². The quantitative estimate of drug-likeness (QED) is 0.528. The van der Waals surface area contributed by atoms with Gasteiger partial charge in [-0.15, -0.1) is 5.10 Å². The van der Waals surface area contributed by atoms with Gasteiger partial charge in [0, 0.05) is 17.6 Å².